The molecule has 1 aromatic rings. The Kier molecular flexibility index (Phi) is 8.77. The highest BCUT2D eigenvalue weighted by atomic mass is 35.5. The van der Waals surface area contributed by atoms with Crippen LogP contribution in [-0.4, -0.2) is 31.8 Å². The van der Waals surface area contributed by atoms with Gasteiger partial charge in [0.25, 0.3) is 0 Å². The lowest BCUT2D eigenvalue weighted by atomic mass is 10.3. The number of allylic oxidation sites excluding steroid dienone is 1. The molecule has 5 nitrogen and oxygen atoms in total. The van der Waals surface area contributed by atoms with Crippen LogP contribution in [0.1, 0.15) is 13.8 Å². The van der Waals surface area contributed by atoms with Gasteiger partial charge in [0.15, 0.2) is 13.2 Å². The molecule has 0 aliphatic carbocycles. The molecule has 0 fully saturated rings. The minimum Gasteiger partial charge on any atom is -0.480 e. The SMILES string of the molecule is CCOC(=O)/C(C)=C/C#CCOC(=O)COc1ccc(Cl)cc1Cl. The number of benzene rings is 1. The van der Waals surface area contributed by atoms with Crippen LogP contribution in [0.25, 0.3) is 0 Å². The summed E-state index contributed by atoms with van der Waals surface area (Å²) in [6.07, 6.45) is 1.40. The number of rotatable bonds is 6. The molecule has 0 amide bonds. The summed E-state index contributed by atoms with van der Waals surface area (Å²) in [4.78, 5) is 22.8. The molecule has 0 unspecified atom stereocenters. The van der Waals surface area contributed by atoms with Gasteiger partial charge in [0.2, 0.25) is 0 Å². The zero-order valence-electron chi connectivity index (χ0n) is 13.2. The van der Waals surface area contributed by atoms with Gasteiger partial charge in [-0.1, -0.05) is 35.0 Å². The maximum absolute atomic E-state index is 11.5. The second-order valence-corrected chi connectivity index (χ2v) is 5.24. The number of halogens is 2. The number of carbonyl (C=O) groups is 2. The van der Waals surface area contributed by atoms with Gasteiger partial charge in [0.1, 0.15) is 5.75 Å². The van der Waals surface area contributed by atoms with Crippen LogP contribution < -0.4 is 4.74 Å². The number of hydrogen-bond donors (Lipinski definition) is 0. The third kappa shape index (κ3) is 7.40. The lowest BCUT2D eigenvalue weighted by Gasteiger charge is -2.07. The van der Waals surface area contributed by atoms with E-state index in [9.17, 15) is 9.59 Å². The van der Waals surface area contributed by atoms with Crippen molar-refractivity contribution in [2.24, 2.45) is 0 Å². The average Bonchev–Trinajstić information content (AvgIpc) is 2.53. The van der Waals surface area contributed by atoms with E-state index in [1.165, 1.54) is 12.1 Å². The van der Waals surface area contributed by atoms with E-state index in [4.69, 9.17) is 37.4 Å². The molecule has 1 aromatic carbocycles. The fourth-order valence-corrected chi connectivity index (χ4v) is 1.86. The fourth-order valence-electron chi connectivity index (χ4n) is 1.39. The van der Waals surface area contributed by atoms with E-state index >= 15 is 0 Å². The van der Waals surface area contributed by atoms with Crippen LogP contribution in [0.3, 0.4) is 0 Å². The molecule has 0 saturated carbocycles. The molecular formula is C17H16Cl2O5. The molecule has 1 rings (SSSR count). The quantitative estimate of drug-likeness (QED) is 0.436. The minimum absolute atomic E-state index is 0.122. The van der Waals surface area contributed by atoms with Gasteiger partial charge in [-0.05, 0) is 38.1 Å². The van der Waals surface area contributed by atoms with E-state index in [0.717, 1.165) is 0 Å². The fraction of sp³-hybridized carbons (Fsp3) is 0.294. The van der Waals surface area contributed by atoms with Crippen molar-refractivity contribution in [3.05, 3.63) is 39.9 Å². The van der Waals surface area contributed by atoms with Crippen LogP contribution in [-0.2, 0) is 19.1 Å². The minimum atomic E-state index is -0.596. The van der Waals surface area contributed by atoms with Gasteiger partial charge < -0.3 is 14.2 Å². The summed E-state index contributed by atoms with van der Waals surface area (Å²) in [7, 11) is 0. The molecule has 0 spiro atoms. The van der Waals surface area contributed by atoms with Crippen LogP contribution >= 0.6 is 23.2 Å². The first kappa shape index (κ1) is 19.9. The lowest BCUT2D eigenvalue weighted by molar-refractivity contribution is -0.144. The molecule has 0 aromatic heterocycles. The zero-order chi connectivity index (χ0) is 17.9. The van der Waals surface area contributed by atoms with E-state index in [1.807, 2.05) is 0 Å². The maximum atomic E-state index is 11.5. The summed E-state index contributed by atoms with van der Waals surface area (Å²) in [5, 5.41) is 0.769. The van der Waals surface area contributed by atoms with E-state index in [-0.39, 0.29) is 13.2 Å². The predicted octanol–water partition coefficient (Wildman–Crippen LogP) is 3.43. The summed E-state index contributed by atoms with van der Waals surface area (Å²) < 4.78 is 14.9. The molecule has 0 atom stereocenters. The molecule has 7 heteroatoms. The monoisotopic (exact) mass is 370 g/mol. The van der Waals surface area contributed by atoms with Crippen molar-refractivity contribution in [1.29, 1.82) is 0 Å². The molecular weight excluding hydrogens is 355 g/mol. The van der Waals surface area contributed by atoms with Crippen molar-refractivity contribution >= 4 is 35.1 Å². The van der Waals surface area contributed by atoms with E-state index in [0.29, 0.717) is 28.0 Å². The predicted molar refractivity (Wildman–Crippen MR) is 91.1 cm³/mol. The lowest BCUT2D eigenvalue weighted by Crippen LogP contribution is -2.15. The van der Waals surface area contributed by atoms with Gasteiger partial charge in [-0.3, -0.25) is 0 Å². The van der Waals surface area contributed by atoms with Crippen molar-refractivity contribution in [1.82, 2.24) is 0 Å². The van der Waals surface area contributed by atoms with Crippen molar-refractivity contribution < 1.29 is 23.8 Å². The molecule has 0 radical (unpaired) electrons. The second-order valence-electron chi connectivity index (χ2n) is 4.39. The van der Waals surface area contributed by atoms with Gasteiger partial charge in [0, 0.05) is 10.6 Å². The molecule has 0 N–H and O–H groups in total. The first-order valence-corrected chi connectivity index (χ1v) is 7.75. The van der Waals surface area contributed by atoms with Crippen LogP contribution in [0, 0.1) is 11.8 Å². The van der Waals surface area contributed by atoms with E-state index in [2.05, 4.69) is 11.8 Å². The summed E-state index contributed by atoms with van der Waals surface area (Å²) in [6.45, 7) is 3.18. The van der Waals surface area contributed by atoms with Crippen molar-refractivity contribution in [3.63, 3.8) is 0 Å². The highest BCUT2D eigenvalue weighted by Gasteiger charge is 2.07. The molecule has 0 heterocycles. The highest BCUT2D eigenvalue weighted by molar-refractivity contribution is 6.35. The van der Waals surface area contributed by atoms with Crippen molar-refractivity contribution in [2.75, 3.05) is 19.8 Å². The summed E-state index contributed by atoms with van der Waals surface area (Å²) in [5.74, 6) is 4.49. The molecule has 24 heavy (non-hydrogen) atoms. The Labute approximate surface area is 150 Å². The van der Waals surface area contributed by atoms with Gasteiger partial charge >= 0.3 is 11.9 Å². The molecule has 0 aliphatic heterocycles. The first-order valence-electron chi connectivity index (χ1n) is 6.99. The van der Waals surface area contributed by atoms with Crippen LogP contribution in [0.15, 0.2) is 29.8 Å². The third-order valence-electron chi connectivity index (χ3n) is 2.53. The molecule has 0 bridgehead atoms. The van der Waals surface area contributed by atoms with Gasteiger partial charge in [-0.2, -0.15) is 0 Å². The first-order chi connectivity index (χ1) is 11.4. The Hall–Kier alpha value is -2.16. The second kappa shape index (κ2) is 10.6. The Bertz CT molecular complexity index is 686. The largest absolute Gasteiger partial charge is 0.480 e. The van der Waals surface area contributed by atoms with Crippen molar-refractivity contribution in [2.45, 2.75) is 13.8 Å². The number of ether oxygens (including phenoxy) is 3. The maximum Gasteiger partial charge on any atom is 0.345 e. The Morgan fingerprint density at radius 2 is 2.00 bits per heavy atom. The van der Waals surface area contributed by atoms with Crippen LogP contribution in [0.4, 0.5) is 0 Å². The van der Waals surface area contributed by atoms with Gasteiger partial charge in [0.05, 0.1) is 11.6 Å². The summed E-state index contributed by atoms with van der Waals surface area (Å²) in [5.41, 5.74) is 0.372. The van der Waals surface area contributed by atoms with Crippen LogP contribution in [0.5, 0.6) is 5.75 Å². The summed E-state index contributed by atoms with van der Waals surface area (Å²) in [6, 6.07) is 4.66. The highest BCUT2D eigenvalue weighted by Crippen LogP contribution is 2.27. The smallest absolute Gasteiger partial charge is 0.345 e. The van der Waals surface area contributed by atoms with E-state index < -0.39 is 11.9 Å². The number of carbonyl (C=O) groups excluding carboxylic acids is 2. The zero-order valence-corrected chi connectivity index (χ0v) is 14.7. The van der Waals surface area contributed by atoms with E-state index in [1.54, 1.807) is 26.0 Å². The normalized spacial score (nSPS) is 10.4. The topological polar surface area (TPSA) is 61.8 Å². The Morgan fingerprint density at radius 3 is 2.67 bits per heavy atom. The molecule has 0 aliphatic rings. The number of hydrogen-bond acceptors (Lipinski definition) is 5. The standard InChI is InChI=1S/C17H16Cl2O5/c1-3-22-17(21)12(2)6-4-5-9-23-16(20)11-24-15-8-7-13(18)10-14(15)19/h6-8,10H,3,9,11H2,1-2H3/b12-6+. The van der Waals surface area contributed by atoms with Crippen molar-refractivity contribution in [3.8, 4) is 17.6 Å². The van der Waals surface area contributed by atoms with Gasteiger partial charge in [-0.15, -0.1) is 0 Å². The Balaban J connectivity index is 2.36. The van der Waals surface area contributed by atoms with Gasteiger partial charge in [-0.25, -0.2) is 9.59 Å². The average molecular weight is 371 g/mol. The molecule has 128 valence electrons. The summed E-state index contributed by atoms with van der Waals surface area (Å²) >= 11 is 11.7. The molecule has 0 saturated heterocycles. The van der Waals surface area contributed by atoms with Crippen LogP contribution in [0.2, 0.25) is 10.0 Å². The third-order valence-corrected chi connectivity index (χ3v) is 3.06. The Morgan fingerprint density at radius 1 is 1.25 bits per heavy atom. The number of esters is 2.